The zero-order valence-corrected chi connectivity index (χ0v) is 12.5. The molecule has 0 aliphatic rings. The van der Waals surface area contributed by atoms with Gasteiger partial charge in [0, 0.05) is 6.54 Å². The van der Waals surface area contributed by atoms with E-state index in [1.54, 1.807) is 20.8 Å². The van der Waals surface area contributed by atoms with Crippen LogP contribution >= 0.6 is 0 Å². The van der Waals surface area contributed by atoms with Crippen LogP contribution in [0.5, 0.6) is 0 Å². The van der Waals surface area contributed by atoms with E-state index < -0.39 is 22.1 Å². The van der Waals surface area contributed by atoms with Crippen molar-refractivity contribution in [3.05, 3.63) is 28.8 Å². The van der Waals surface area contributed by atoms with Crippen LogP contribution in [0.3, 0.4) is 0 Å². The van der Waals surface area contributed by atoms with Crippen molar-refractivity contribution < 1.29 is 23.4 Å². The monoisotopic (exact) mass is 301 g/mol. The molecule has 0 spiro atoms. The highest BCUT2D eigenvalue weighted by molar-refractivity contribution is 7.89. The Balaban J connectivity index is 3.20. The molecule has 20 heavy (non-hydrogen) atoms. The molecule has 0 saturated carbocycles. The molecule has 1 aromatic rings. The molecule has 0 saturated heterocycles. The third-order valence-electron chi connectivity index (χ3n) is 3.14. The van der Waals surface area contributed by atoms with E-state index in [0.29, 0.717) is 17.5 Å². The van der Waals surface area contributed by atoms with E-state index in [2.05, 4.69) is 4.72 Å². The van der Waals surface area contributed by atoms with Gasteiger partial charge in [-0.05, 0) is 43.5 Å². The molecule has 112 valence electrons. The molecule has 0 amide bonds. The quantitative estimate of drug-likeness (QED) is 0.728. The van der Waals surface area contributed by atoms with Crippen molar-refractivity contribution in [2.24, 2.45) is 0 Å². The first-order valence-corrected chi connectivity index (χ1v) is 7.69. The minimum Gasteiger partial charge on any atom is -0.478 e. The van der Waals surface area contributed by atoms with Crippen LogP contribution in [0.25, 0.3) is 0 Å². The maximum Gasteiger partial charge on any atom is 0.335 e. The number of rotatable bonds is 6. The van der Waals surface area contributed by atoms with Gasteiger partial charge in [0.15, 0.2) is 0 Å². The molecule has 1 atom stereocenters. The van der Waals surface area contributed by atoms with Gasteiger partial charge in [0.25, 0.3) is 0 Å². The molecule has 1 unspecified atom stereocenters. The van der Waals surface area contributed by atoms with Gasteiger partial charge in [-0.3, -0.25) is 0 Å². The average Bonchev–Trinajstić information content (AvgIpc) is 2.38. The largest absolute Gasteiger partial charge is 0.478 e. The van der Waals surface area contributed by atoms with E-state index in [1.807, 2.05) is 0 Å². The summed E-state index contributed by atoms with van der Waals surface area (Å²) in [7, 11) is -3.85. The lowest BCUT2D eigenvalue weighted by atomic mass is 10.1. The summed E-state index contributed by atoms with van der Waals surface area (Å²) in [6.45, 7) is 4.90. The summed E-state index contributed by atoms with van der Waals surface area (Å²) in [6.07, 6.45) is -0.343. The van der Waals surface area contributed by atoms with Crippen molar-refractivity contribution >= 4 is 16.0 Å². The van der Waals surface area contributed by atoms with Gasteiger partial charge in [0.05, 0.1) is 16.6 Å². The highest BCUT2D eigenvalue weighted by Crippen LogP contribution is 2.21. The summed E-state index contributed by atoms with van der Waals surface area (Å²) in [4.78, 5) is 10.9. The minimum absolute atomic E-state index is 0.0711. The molecule has 6 nitrogen and oxygen atoms in total. The van der Waals surface area contributed by atoms with Gasteiger partial charge in [0.2, 0.25) is 10.0 Å². The van der Waals surface area contributed by atoms with Crippen molar-refractivity contribution in [1.29, 1.82) is 0 Å². The predicted molar refractivity (Wildman–Crippen MR) is 74.4 cm³/mol. The Morgan fingerprint density at radius 3 is 2.45 bits per heavy atom. The maximum absolute atomic E-state index is 12.2. The molecule has 0 aliphatic carbocycles. The number of hydrogen-bond acceptors (Lipinski definition) is 4. The normalized spacial score (nSPS) is 13.2. The van der Waals surface area contributed by atoms with Gasteiger partial charge in [-0.1, -0.05) is 6.92 Å². The zero-order valence-electron chi connectivity index (χ0n) is 11.7. The standard InChI is InChI=1S/C13H19NO5S/c1-4-11(15)7-14-20(18,19)12-6-10(13(16)17)5-8(2)9(12)3/h5-6,11,14-15H,4,7H2,1-3H3,(H,16,17). The summed E-state index contributed by atoms with van der Waals surface area (Å²) < 4.78 is 26.7. The molecule has 0 aromatic heterocycles. The van der Waals surface area contributed by atoms with Crippen molar-refractivity contribution in [3.63, 3.8) is 0 Å². The topological polar surface area (TPSA) is 104 Å². The second kappa shape index (κ2) is 6.34. The lowest BCUT2D eigenvalue weighted by Crippen LogP contribution is -2.32. The third-order valence-corrected chi connectivity index (χ3v) is 4.69. The predicted octanol–water partition coefficient (Wildman–Crippen LogP) is 1.05. The molecule has 0 heterocycles. The molecular formula is C13H19NO5S. The summed E-state index contributed by atoms with van der Waals surface area (Å²) >= 11 is 0. The van der Waals surface area contributed by atoms with Crippen molar-refractivity contribution in [2.75, 3.05) is 6.54 Å². The Hall–Kier alpha value is -1.44. The van der Waals surface area contributed by atoms with Gasteiger partial charge in [-0.25, -0.2) is 17.9 Å². The second-order valence-corrected chi connectivity index (χ2v) is 6.37. The molecule has 1 aromatic carbocycles. The highest BCUT2D eigenvalue weighted by Gasteiger charge is 2.21. The number of aromatic carboxylic acids is 1. The number of carboxylic acid groups (broad SMARTS) is 1. The fourth-order valence-corrected chi connectivity index (χ4v) is 3.07. The molecule has 3 N–H and O–H groups in total. The van der Waals surface area contributed by atoms with Crippen LogP contribution < -0.4 is 4.72 Å². The summed E-state index contributed by atoms with van der Waals surface area (Å²) in [5, 5.41) is 18.4. The molecule has 0 radical (unpaired) electrons. The first-order valence-electron chi connectivity index (χ1n) is 6.21. The first kappa shape index (κ1) is 16.6. The Morgan fingerprint density at radius 2 is 1.95 bits per heavy atom. The Bertz CT molecular complexity index is 609. The summed E-state index contributed by atoms with van der Waals surface area (Å²) in [6, 6.07) is 2.56. The van der Waals surface area contributed by atoms with Gasteiger partial charge in [-0.15, -0.1) is 0 Å². The number of sulfonamides is 1. The van der Waals surface area contributed by atoms with Crippen molar-refractivity contribution in [2.45, 2.75) is 38.2 Å². The highest BCUT2D eigenvalue weighted by atomic mass is 32.2. The van der Waals surface area contributed by atoms with E-state index in [1.165, 1.54) is 6.07 Å². The molecule has 0 fully saturated rings. The van der Waals surface area contributed by atoms with E-state index in [4.69, 9.17) is 5.11 Å². The smallest absolute Gasteiger partial charge is 0.335 e. The van der Waals surface area contributed by atoms with Gasteiger partial charge in [-0.2, -0.15) is 0 Å². The number of benzene rings is 1. The first-order chi connectivity index (χ1) is 9.19. The van der Waals surface area contributed by atoms with Gasteiger partial charge >= 0.3 is 5.97 Å². The summed E-state index contributed by atoms with van der Waals surface area (Å²) in [5.74, 6) is -1.18. The lowest BCUT2D eigenvalue weighted by molar-refractivity contribution is 0.0696. The van der Waals surface area contributed by atoms with Crippen LogP contribution in [0, 0.1) is 13.8 Å². The van der Waals surface area contributed by atoms with Crippen molar-refractivity contribution in [1.82, 2.24) is 4.72 Å². The van der Waals surface area contributed by atoms with Crippen molar-refractivity contribution in [3.8, 4) is 0 Å². The Morgan fingerprint density at radius 1 is 1.35 bits per heavy atom. The molecule has 0 aliphatic heterocycles. The fourth-order valence-electron chi connectivity index (χ4n) is 1.66. The minimum atomic E-state index is -3.85. The number of carbonyl (C=O) groups is 1. The Labute approximate surface area is 118 Å². The number of carboxylic acids is 1. The number of aliphatic hydroxyl groups excluding tert-OH is 1. The van der Waals surface area contributed by atoms with Crippen LogP contribution in [0.4, 0.5) is 0 Å². The fraction of sp³-hybridized carbons (Fsp3) is 0.462. The lowest BCUT2D eigenvalue weighted by Gasteiger charge is -2.14. The van der Waals surface area contributed by atoms with Crippen LogP contribution in [0.2, 0.25) is 0 Å². The average molecular weight is 301 g/mol. The summed E-state index contributed by atoms with van der Waals surface area (Å²) in [5.41, 5.74) is 0.999. The van der Waals surface area contributed by atoms with E-state index in [9.17, 15) is 18.3 Å². The van der Waals surface area contributed by atoms with Crippen LogP contribution in [0.15, 0.2) is 17.0 Å². The maximum atomic E-state index is 12.2. The van der Waals surface area contributed by atoms with Gasteiger partial charge in [0.1, 0.15) is 0 Å². The Kier molecular flexibility index (Phi) is 5.27. The number of aliphatic hydroxyl groups is 1. The van der Waals surface area contributed by atoms with Crippen LogP contribution in [0.1, 0.15) is 34.8 Å². The number of aryl methyl sites for hydroxylation is 1. The molecule has 1 rings (SSSR count). The van der Waals surface area contributed by atoms with E-state index >= 15 is 0 Å². The van der Waals surface area contributed by atoms with Crippen LogP contribution in [-0.4, -0.2) is 37.2 Å². The van der Waals surface area contributed by atoms with Gasteiger partial charge < -0.3 is 10.2 Å². The van der Waals surface area contributed by atoms with E-state index in [-0.39, 0.29) is 17.0 Å². The van der Waals surface area contributed by atoms with Crippen LogP contribution in [-0.2, 0) is 10.0 Å². The zero-order chi connectivity index (χ0) is 15.5. The molecule has 0 bridgehead atoms. The molecular weight excluding hydrogens is 282 g/mol. The third kappa shape index (κ3) is 3.78. The molecule has 7 heteroatoms. The second-order valence-electron chi connectivity index (χ2n) is 4.64. The van der Waals surface area contributed by atoms with E-state index in [0.717, 1.165) is 6.07 Å². The number of nitrogens with one attached hydrogen (secondary N) is 1. The number of hydrogen-bond donors (Lipinski definition) is 3. The SMILES string of the molecule is CCC(O)CNS(=O)(=O)c1cc(C(=O)O)cc(C)c1C.